The SMILES string of the molecule is Cc1nc(COc2ccc(C(=O)N3CCC[C@H](C)C3)cc2)no1. The highest BCUT2D eigenvalue weighted by Crippen LogP contribution is 2.19. The minimum absolute atomic E-state index is 0.0943. The van der Waals surface area contributed by atoms with Gasteiger partial charge in [0, 0.05) is 25.6 Å². The molecule has 0 aliphatic carbocycles. The van der Waals surface area contributed by atoms with Gasteiger partial charge in [-0.3, -0.25) is 4.79 Å². The fourth-order valence-electron chi connectivity index (χ4n) is 2.80. The average molecular weight is 315 g/mol. The molecule has 1 atom stereocenters. The minimum Gasteiger partial charge on any atom is -0.485 e. The molecule has 1 saturated heterocycles. The third kappa shape index (κ3) is 3.88. The van der Waals surface area contributed by atoms with E-state index < -0.39 is 0 Å². The van der Waals surface area contributed by atoms with Crippen molar-refractivity contribution in [2.24, 2.45) is 5.92 Å². The summed E-state index contributed by atoms with van der Waals surface area (Å²) in [4.78, 5) is 18.5. The van der Waals surface area contributed by atoms with Crippen LogP contribution >= 0.6 is 0 Å². The van der Waals surface area contributed by atoms with E-state index >= 15 is 0 Å². The largest absolute Gasteiger partial charge is 0.485 e. The number of hydrogen-bond donors (Lipinski definition) is 0. The number of amides is 1. The maximum Gasteiger partial charge on any atom is 0.253 e. The van der Waals surface area contributed by atoms with Crippen LogP contribution in [0.4, 0.5) is 0 Å². The van der Waals surface area contributed by atoms with Gasteiger partial charge in [-0.05, 0) is 43.0 Å². The number of likely N-dealkylation sites (tertiary alicyclic amines) is 1. The van der Waals surface area contributed by atoms with Crippen LogP contribution in [0.15, 0.2) is 28.8 Å². The molecular weight excluding hydrogens is 294 g/mol. The Bertz CT molecular complexity index is 666. The molecule has 1 aromatic carbocycles. The lowest BCUT2D eigenvalue weighted by atomic mass is 9.99. The van der Waals surface area contributed by atoms with E-state index in [1.165, 1.54) is 6.42 Å². The van der Waals surface area contributed by atoms with Gasteiger partial charge < -0.3 is 14.2 Å². The van der Waals surface area contributed by atoms with Crippen molar-refractivity contribution in [1.82, 2.24) is 15.0 Å². The van der Waals surface area contributed by atoms with Crippen molar-refractivity contribution >= 4 is 5.91 Å². The van der Waals surface area contributed by atoms with E-state index in [0.29, 0.717) is 28.9 Å². The third-order valence-electron chi connectivity index (χ3n) is 3.98. The number of carbonyl (C=O) groups is 1. The standard InChI is InChI=1S/C17H21N3O3/c1-12-4-3-9-20(10-12)17(21)14-5-7-15(8-6-14)22-11-16-18-13(2)23-19-16/h5-8,12H,3-4,9-11H2,1-2H3/t12-/m0/s1. The van der Waals surface area contributed by atoms with Crippen molar-refractivity contribution in [3.63, 3.8) is 0 Å². The van der Waals surface area contributed by atoms with Gasteiger partial charge in [0.2, 0.25) is 11.7 Å². The first-order valence-electron chi connectivity index (χ1n) is 7.93. The highest BCUT2D eigenvalue weighted by atomic mass is 16.5. The summed E-state index contributed by atoms with van der Waals surface area (Å²) in [5, 5.41) is 3.77. The second kappa shape index (κ2) is 6.81. The van der Waals surface area contributed by atoms with E-state index in [-0.39, 0.29) is 12.5 Å². The Morgan fingerprint density at radius 2 is 2.17 bits per heavy atom. The number of carbonyl (C=O) groups excluding carboxylic acids is 1. The van der Waals surface area contributed by atoms with Crippen LogP contribution in [0.1, 0.15) is 41.8 Å². The molecule has 0 unspecified atom stereocenters. The lowest BCUT2D eigenvalue weighted by Crippen LogP contribution is -2.39. The second-order valence-electron chi connectivity index (χ2n) is 6.04. The molecule has 1 aromatic heterocycles. The lowest BCUT2D eigenvalue weighted by molar-refractivity contribution is 0.0683. The summed E-state index contributed by atoms with van der Waals surface area (Å²) in [6.07, 6.45) is 2.28. The molecule has 0 saturated carbocycles. The highest BCUT2D eigenvalue weighted by molar-refractivity contribution is 5.94. The molecular formula is C17H21N3O3. The Kier molecular flexibility index (Phi) is 4.60. The zero-order valence-electron chi connectivity index (χ0n) is 13.5. The van der Waals surface area contributed by atoms with Crippen molar-refractivity contribution in [2.75, 3.05) is 13.1 Å². The summed E-state index contributed by atoms with van der Waals surface area (Å²) in [5.74, 6) is 2.37. The van der Waals surface area contributed by atoms with Gasteiger partial charge in [0.15, 0.2) is 6.61 Å². The first-order chi connectivity index (χ1) is 11.1. The average Bonchev–Trinajstić information content (AvgIpc) is 2.98. The number of rotatable bonds is 4. The fourth-order valence-corrected chi connectivity index (χ4v) is 2.80. The zero-order chi connectivity index (χ0) is 16.2. The second-order valence-corrected chi connectivity index (χ2v) is 6.04. The first kappa shape index (κ1) is 15.5. The van der Waals surface area contributed by atoms with Crippen LogP contribution in [0.25, 0.3) is 0 Å². The summed E-state index contributed by atoms with van der Waals surface area (Å²) in [6.45, 7) is 5.86. The van der Waals surface area contributed by atoms with E-state index in [1.807, 2.05) is 4.90 Å². The molecule has 122 valence electrons. The van der Waals surface area contributed by atoms with E-state index in [9.17, 15) is 4.79 Å². The van der Waals surface area contributed by atoms with Crippen LogP contribution in [0.2, 0.25) is 0 Å². The summed E-state index contributed by atoms with van der Waals surface area (Å²) >= 11 is 0. The number of aromatic nitrogens is 2. The molecule has 1 aliphatic heterocycles. The Balaban J connectivity index is 1.59. The van der Waals surface area contributed by atoms with Crippen LogP contribution < -0.4 is 4.74 Å². The number of nitrogens with zero attached hydrogens (tertiary/aromatic N) is 3. The van der Waals surface area contributed by atoms with Gasteiger partial charge in [-0.15, -0.1) is 0 Å². The van der Waals surface area contributed by atoms with Crippen LogP contribution in [0.5, 0.6) is 5.75 Å². The van der Waals surface area contributed by atoms with Crippen LogP contribution in [0, 0.1) is 12.8 Å². The predicted octanol–water partition coefficient (Wildman–Crippen LogP) is 2.83. The van der Waals surface area contributed by atoms with Crippen LogP contribution in [-0.4, -0.2) is 34.0 Å². The third-order valence-corrected chi connectivity index (χ3v) is 3.98. The molecule has 0 bridgehead atoms. The van der Waals surface area contributed by atoms with Crippen LogP contribution in [0.3, 0.4) is 0 Å². The van der Waals surface area contributed by atoms with E-state index in [1.54, 1.807) is 31.2 Å². The molecule has 1 fully saturated rings. The molecule has 0 N–H and O–H groups in total. The number of aryl methyl sites for hydroxylation is 1. The summed E-state index contributed by atoms with van der Waals surface area (Å²) < 4.78 is 10.5. The fraction of sp³-hybridized carbons (Fsp3) is 0.471. The quantitative estimate of drug-likeness (QED) is 0.868. The van der Waals surface area contributed by atoms with E-state index in [0.717, 1.165) is 19.5 Å². The smallest absolute Gasteiger partial charge is 0.253 e. The monoisotopic (exact) mass is 315 g/mol. The summed E-state index contributed by atoms with van der Waals surface area (Å²) in [7, 11) is 0. The van der Waals surface area contributed by atoms with Crippen molar-refractivity contribution in [3.05, 3.63) is 41.5 Å². The molecule has 6 nitrogen and oxygen atoms in total. The van der Waals surface area contributed by atoms with Crippen molar-refractivity contribution < 1.29 is 14.1 Å². The zero-order valence-corrected chi connectivity index (χ0v) is 13.5. The Labute approximate surface area is 135 Å². The molecule has 6 heteroatoms. The maximum atomic E-state index is 12.5. The van der Waals surface area contributed by atoms with Gasteiger partial charge in [0.1, 0.15) is 5.75 Å². The van der Waals surface area contributed by atoms with Gasteiger partial charge in [0.25, 0.3) is 5.91 Å². The summed E-state index contributed by atoms with van der Waals surface area (Å²) in [6, 6.07) is 7.21. The molecule has 0 radical (unpaired) electrons. The van der Waals surface area contributed by atoms with E-state index in [2.05, 4.69) is 17.1 Å². The lowest BCUT2D eigenvalue weighted by Gasteiger charge is -2.31. The predicted molar refractivity (Wildman–Crippen MR) is 84.1 cm³/mol. The van der Waals surface area contributed by atoms with Gasteiger partial charge in [-0.25, -0.2) is 0 Å². The first-order valence-corrected chi connectivity index (χ1v) is 7.93. The number of benzene rings is 1. The Morgan fingerprint density at radius 1 is 1.39 bits per heavy atom. The number of hydrogen-bond acceptors (Lipinski definition) is 5. The van der Waals surface area contributed by atoms with Crippen LogP contribution in [-0.2, 0) is 6.61 Å². The van der Waals surface area contributed by atoms with Gasteiger partial charge in [-0.1, -0.05) is 12.1 Å². The highest BCUT2D eigenvalue weighted by Gasteiger charge is 2.21. The molecule has 0 spiro atoms. The topological polar surface area (TPSA) is 68.5 Å². The number of piperidine rings is 1. The van der Waals surface area contributed by atoms with Crippen molar-refractivity contribution in [3.8, 4) is 5.75 Å². The molecule has 3 rings (SSSR count). The maximum absolute atomic E-state index is 12.5. The normalized spacial score (nSPS) is 18.0. The molecule has 2 aromatic rings. The molecule has 1 aliphatic rings. The Morgan fingerprint density at radius 3 is 2.83 bits per heavy atom. The minimum atomic E-state index is 0.0943. The van der Waals surface area contributed by atoms with Gasteiger partial charge in [0.05, 0.1) is 0 Å². The molecule has 2 heterocycles. The number of ether oxygens (including phenoxy) is 1. The van der Waals surface area contributed by atoms with E-state index in [4.69, 9.17) is 9.26 Å². The molecule has 1 amide bonds. The van der Waals surface area contributed by atoms with Gasteiger partial charge >= 0.3 is 0 Å². The molecule has 23 heavy (non-hydrogen) atoms. The summed E-state index contributed by atoms with van der Waals surface area (Å²) in [5.41, 5.74) is 0.696. The van der Waals surface area contributed by atoms with Crippen molar-refractivity contribution in [2.45, 2.75) is 33.3 Å². The Hall–Kier alpha value is -2.37. The van der Waals surface area contributed by atoms with Gasteiger partial charge in [-0.2, -0.15) is 4.98 Å². The van der Waals surface area contributed by atoms with Crippen molar-refractivity contribution in [1.29, 1.82) is 0 Å².